The Balaban J connectivity index is 2.07. The average molecular weight is 277 g/mol. The van der Waals surface area contributed by atoms with Crippen LogP contribution in [-0.2, 0) is 17.8 Å². The number of fused-ring (bicyclic) bond motifs is 1. The van der Waals surface area contributed by atoms with Gasteiger partial charge in [0, 0.05) is 17.5 Å². The third-order valence-corrected chi connectivity index (χ3v) is 3.41. The van der Waals surface area contributed by atoms with E-state index in [1.165, 1.54) is 0 Å². The number of rotatable bonds is 2. The summed E-state index contributed by atoms with van der Waals surface area (Å²) in [5, 5.41) is 0.475. The molecule has 5 heteroatoms. The summed E-state index contributed by atoms with van der Waals surface area (Å²) in [5.41, 5.74) is 2.78. The second kappa shape index (κ2) is 5.15. The van der Waals surface area contributed by atoms with E-state index in [0.29, 0.717) is 24.2 Å². The molecule has 0 unspecified atom stereocenters. The summed E-state index contributed by atoms with van der Waals surface area (Å²) in [4.78, 5) is 8.94. The molecule has 0 N–H and O–H groups in total. The highest BCUT2D eigenvalue weighted by Gasteiger charge is 2.17. The smallest absolute Gasteiger partial charge is 0.161 e. The molecule has 0 radical (unpaired) electrons. The number of benzene rings is 1. The maximum Gasteiger partial charge on any atom is 0.161 e. The van der Waals surface area contributed by atoms with Crippen molar-refractivity contribution in [2.75, 3.05) is 13.7 Å². The Morgan fingerprint density at radius 1 is 1.32 bits per heavy atom. The van der Waals surface area contributed by atoms with Gasteiger partial charge >= 0.3 is 0 Å². The van der Waals surface area contributed by atoms with Crippen LogP contribution < -0.4 is 4.74 Å². The highest BCUT2D eigenvalue weighted by atomic mass is 35.5. The van der Waals surface area contributed by atoms with Gasteiger partial charge in [0.15, 0.2) is 5.82 Å². The number of nitrogens with zero attached hydrogens (tertiary/aromatic N) is 2. The molecule has 0 atom stereocenters. The Kier molecular flexibility index (Phi) is 3.36. The summed E-state index contributed by atoms with van der Waals surface area (Å²) in [7, 11) is 1.64. The maximum atomic E-state index is 6.21. The molecule has 2 aromatic rings. The molecule has 0 aliphatic carbocycles. The zero-order chi connectivity index (χ0) is 13.2. The Labute approximate surface area is 116 Å². The van der Waals surface area contributed by atoms with E-state index in [-0.39, 0.29) is 0 Å². The lowest BCUT2D eigenvalue weighted by atomic mass is 10.1. The molecular weight excluding hydrogens is 264 g/mol. The van der Waals surface area contributed by atoms with Gasteiger partial charge in [0.05, 0.1) is 26.0 Å². The predicted octanol–water partition coefficient (Wildman–Crippen LogP) is 2.88. The van der Waals surface area contributed by atoms with E-state index in [1.54, 1.807) is 7.11 Å². The van der Waals surface area contributed by atoms with E-state index in [4.69, 9.17) is 21.1 Å². The maximum absolute atomic E-state index is 6.21. The largest absolute Gasteiger partial charge is 0.497 e. The molecule has 4 nitrogen and oxygen atoms in total. The molecule has 0 amide bonds. The number of hydrogen-bond acceptors (Lipinski definition) is 4. The number of ether oxygens (including phenoxy) is 2. The highest BCUT2D eigenvalue weighted by Crippen LogP contribution is 2.27. The van der Waals surface area contributed by atoms with Gasteiger partial charge in [-0.25, -0.2) is 9.97 Å². The van der Waals surface area contributed by atoms with Crippen molar-refractivity contribution >= 4 is 11.6 Å². The third kappa shape index (κ3) is 2.41. The molecule has 0 spiro atoms. The Hall–Kier alpha value is -1.65. The second-order valence-corrected chi connectivity index (χ2v) is 4.66. The number of aromatic nitrogens is 2. The van der Waals surface area contributed by atoms with Crippen LogP contribution in [0.15, 0.2) is 24.3 Å². The minimum absolute atomic E-state index is 0.475. The number of methoxy groups -OCH3 is 1. The first-order valence-electron chi connectivity index (χ1n) is 6.05. The summed E-state index contributed by atoms with van der Waals surface area (Å²) in [5.74, 6) is 1.41. The Morgan fingerprint density at radius 3 is 3.05 bits per heavy atom. The summed E-state index contributed by atoms with van der Waals surface area (Å²) >= 11 is 6.21. The molecule has 2 heterocycles. The first kappa shape index (κ1) is 12.4. The summed E-state index contributed by atoms with van der Waals surface area (Å²) < 4.78 is 10.6. The SMILES string of the molecule is COc1cccc(-c2nc(Cl)c3c(n2)CCOC3)c1. The molecule has 0 bridgehead atoms. The third-order valence-electron chi connectivity index (χ3n) is 3.10. The van der Waals surface area contributed by atoms with Crippen molar-refractivity contribution in [2.24, 2.45) is 0 Å². The van der Waals surface area contributed by atoms with E-state index in [1.807, 2.05) is 24.3 Å². The van der Waals surface area contributed by atoms with Crippen molar-refractivity contribution in [3.63, 3.8) is 0 Å². The zero-order valence-corrected chi connectivity index (χ0v) is 11.3. The van der Waals surface area contributed by atoms with Crippen molar-refractivity contribution in [3.05, 3.63) is 40.7 Å². The van der Waals surface area contributed by atoms with Crippen LogP contribution in [0.1, 0.15) is 11.3 Å². The van der Waals surface area contributed by atoms with E-state index >= 15 is 0 Å². The van der Waals surface area contributed by atoms with Gasteiger partial charge in [-0.1, -0.05) is 23.7 Å². The molecule has 0 fully saturated rings. The van der Waals surface area contributed by atoms with Crippen molar-refractivity contribution in [2.45, 2.75) is 13.0 Å². The Bertz CT molecular complexity index is 616. The fraction of sp³-hybridized carbons (Fsp3) is 0.286. The molecule has 3 rings (SSSR count). The lowest BCUT2D eigenvalue weighted by molar-refractivity contribution is 0.109. The fourth-order valence-corrected chi connectivity index (χ4v) is 2.33. The fourth-order valence-electron chi connectivity index (χ4n) is 2.08. The monoisotopic (exact) mass is 276 g/mol. The van der Waals surface area contributed by atoms with Crippen molar-refractivity contribution in [1.82, 2.24) is 9.97 Å². The predicted molar refractivity (Wildman–Crippen MR) is 72.4 cm³/mol. The minimum Gasteiger partial charge on any atom is -0.497 e. The van der Waals surface area contributed by atoms with Crippen LogP contribution in [-0.4, -0.2) is 23.7 Å². The van der Waals surface area contributed by atoms with E-state index in [2.05, 4.69) is 9.97 Å². The van der Waals surface area contributed by atoms with Crippen LogP contribution in [0.4, 0.5) is 0 Å². The lowest BCUT2D eigenvalue weighted by Crippen LogP contribution is -2.14. The van der Waals surface area contributed by atoms with Gasteiger partial charge in [0.25, 0.3) is 0 Å². The summed E-state index contributed by atoms with van der Waals surface area (Å²) in [6.45, 7) is 1.17. The molecule has 0 saturated carbocycles. The molecule has 1 aliphatic rings. The quantitative estimate of drug-likeness (QED) is 0.791. The van der Waals surface area contributed by atoms with Crippen LogP contribution in [0.5, 0.6) is 5.75 Å². The molecule has 98 valence electrons. The topological polar surface area (TPSA) is 44.2 Å². The second-order valence-electron chi connectivity index (χ2n) is 4.30. The molecule has 0 saturated heterocycles. The van der Waals surface area contributed by atoms with Crippen LogP contribution >= 0.6 is 11.6 Å². The van der Waals surface area contributed by atoms with Crippen LogP contribution in [0, 0.1) is 0 Å². The molecular formula is C14H13ClN2O2. The van der Waals surface area contributed by atoms with Crippen molar-refractivity contribution in [1.29, 1.82) is 0 Å². The molecule has 1 aliphatic heterocycles. The Morgan fingerprint density at radius 2 is 2.21 bits per heavy atom. The van der Waals surface area contributed by atoms with Crippen molar-refractivity contribution in [3.8, 4) is 17.1 Å². The van der Waals surface area contributed by atoms with Gasteiger partial charge < -0.3 is 9.47 Å². The normalized spacial score (nSPS) is 14.0. The van der Waals surface area contributed by atoms with Gasteiger partial charge in [0.1, 0.15) is 10.9 Å². The van der Waals surface area contributed by atoms with E-state index < -0.39 is 0 Å². The minimum atomic E-state index is 0.475. The van der Waals surface area contributed by atoms with Crippen LogP contribution in [0.3, 0.4) is 0 Å². The van der Waals surface area contributed by atoms with Gasteiger partial charge in [-0.3, -0.25) is 0 Å². The number of halogens is 1. The molecule has 1 aromatic carbocycles. The van der Waals surface area contributed by atoms with E-state index in [9.17, 15) is 0 Å². The molecule has 1 aromatic heterocycles. The van der Waals surface area contributed by atoms with Crippen molar-refractivity contribution < 1.29 is 9.47 Å². The first-order chi connectivity index (χ1) is 9.28. The summed E-state index contributed by atoms with van der Waals surface area (Å²) in [6, 6.07) is 7.64. The van der Waals surface area contributed by atoms with Gasteiger partial charge in [-0.15, -0.1) is 0 Å². The summed E-state index contributed by atoms with van der Waals surface area (Å²) in [6.07, 6.45) is 0.772. The van der Waals surface area contributed by atoms with E-state index in [0.717, 1.165) is 29.0 Å². The van der Waals surface area contributed by atoms with Gasteiger partial charge in [0.2, 0.25) is 0 Å². The average Bonchev–Trinajstić information content (AvgIpc) is 2.47. The van der Waals surface area contributed by atoms with Gasteiger partial charge in [-0.05, 0) is 12.1 Å². The molecule has 19 heavy (non-hydrogen) atoms. The zero-order valence-electron chi connectivity index (χ0n) is 10.5. The standard InChI is InChI=1S/C14H13ClN2O2/c1-18-10-4-2-3-9(7-10)14-16-12-5-6-19-8-11(12)13(15)17-14/h2-4,7H,5-6,8H2,1H3. The van der Waals surface area contributed by atoms with Crippen LogP contribution in [0.2, 0.25) is 5.15 Å². The van der Waals surface area contributed by atoms with Gasteiger partial charge in [-0.2, -0.15) is 0 Å². The number of hydrogen-bond donors (Lipinski definition) is 0. The lowest BCUT2D eigenvalue weighted by Gasteiger charge is -2.17. The highest BCUT2D eigenvalue weighted by molar-refractivity contribution is 6.30. The first-order valence-corrected chi connectivity index (χ1v) is 6.43. The van der Waals surface area contributed by atoms with Crippen LogP contribution in [0.25, 0.3) is 11.4 Å².